The molecule has 138 valence electrons. The third-order valence-corrected chi connectivity index (χ3v) is 9.90. The minimum absolute atomic E-state index is 0.0838. The van der Waals surface area contributed by atoms with Gasteiger partial charge < -0.3 is 5.11 Å². The van der Waals surface area contributed by atoms with E-state index in [4.69, 9.17) is 4.99 Å². The number of aliphatic hydroxyl groups excluding tert-OH is 1. The molecule has 8 atom stereocenters. The van der Waals surface area contributed by atoms with Crippen molar-refractivity contribution in [2.75, 3.05) is 6.54 Å². The normalized spacial score (nSPS) is 57.4. The first kappa shape index (κ1) is 16.5. The molecule has 25 heavy (non-hydrogen) atoms. The monoisotopic (exact) mass is 343 g/mol. The molecule has 0 aromatic heterocycles. The van der Waals surface area contributed by atoms with E-state index in [2.05, 4.69) is 20.8 Å². The highest BCUT2D eigenvalue weighted by molar-refractivity contribution is 5.91. The van der Waals surface area contributed by atoms with Crippen molar-refractivity contribution < 1.29 is 9.90 Å². The van der Waals surface area contributed by atoms with Crippen LogP contribution in [0.2, 0.25) is 0 Å². The number of carbonyl (C=O) groups excluding carboxylic acids is 1. The van der Waals surface area contributed by atoms with Crippen molar-refractivity contribution >= 4 is 11.5 Å². The SMILES string of the molecule is CC1=NC[C@]23CC(=O)[C@H]4[C@@H](CC[C@@]5(C)C[C@@H](O)CC[C@]45C)[C@@H]2CC[C@H]13. The summed E-state index contributed by atoms with van der Waals surface area (Å²) in [4.78, 5) is 18.4. The van der Waals surface area contributed by atoms with Crippen LogP contribution in [-0.2, 0) is 4.79 Å². The van der Waals surface area contributed by atoms with Crippen LogP contribution in [0.25, 0.3) is 0 Å². The Labute approximate surface area is 151 Å². The smallest absolute Gasteiger partial charge is 0.137 e. The molecule has 4 fully saturated rings. The number of nitrogens with zero attached hydrogens (tertiary/aromatic N) is 1. The maximum atomic E-state index is 13.6. The van der Waals surface area contributed by atoms with E-state index in [0.717, 1.165) is 32.2 Å². The number of ketones is 1. The standard InChI is InChI=1S/C22H33NO2/c1-13-16-4-5-17-15-7-8-20(2)10-14(24)6-9-21(20,3)19(15)18(25)11-22(16,17)12-23-13/h14-17,19,24H,4-12H2,1-3H3/t14-,15-,16+,17-,19+,20-,21+,22-/m0/s1. The van der Waals surface area contributed by atoms with Crippen LogP contribution < -0.4 is 0 Å². The molecule has 0 bridgehead atoms. The number of carbonyl (C=O) groups is 1. The Morgan fingerprint density at radius 3 is 2.72 bits per heavy atom. The Bertz CT molecular complexity index is 656. The zero-order valence-corrected chi connectivity index (χ0v) is 16.1. The molecule has 3 nitrogen and oxygen atoms in total. The van der Waals surface area contributed by atoms with Crippen molar-refractivity contribution in [2.24, 2.45) is 44.9 Å². The van der Waals surface area contributed by atoms with Gasteiger partial charge in [-0.15, -0.1) is 0 Å². The Morgan fingerprint density at radius 2 is 1.92 bits per heavy atom. The molecule has 0 aromatic carbocycles. The highest BCUT2D eigenvalue weighted by atomic mass is 16.3. The highest BCUT2D eigenvalue weighted by Crippen LogP contribution is 2.70. The second kappa shape index (κ2) is 4.97. The molecule has 1 spiro atoms. The molecule has 3 heteroatoms. The molecule has 1 aliphatic heterocycles. The van der Waals surface area contributed by atoms with Gasteiger partial charge in [0.15, 0.2) is 0 Å². The van der Waals surface area contributed by atoms with Crippen molar-refractivity contribution in [1.29, 1.82) is 0 Å². The molecule has 1 N–H and O–H groups in total. The molecule has 0 unspecified atom stereocenters. The lowest BCUT2D eigenvalue weighted by atomic mass is 9.40. The molecular formula is C22H33NO2. The van der Waals surface area contributed by atoms with E-state index in [-0.39, 0.29) is 28.3 Å². The van der Waals surface area contributed by atoms with Crippen molar-refractivity contribution in [3.8, 4) is 0 Å². The second-order valence-electron chi connectivity index (χ2n) is 10.6. The zero-order valence-electron chi connectivity index (χ0n) is 16.1. The number of Topliss-reactive ketones (excluding diaryl/α,β-unsaturated/α-hetero) is 1. The van der Waals surface area contributed by atoms with E-state index in [1.165, 1.54) is 31.4 Å². The summed E-state index contributed by atoms with van der Waals surface area (Å²) in [5, 5.41) is 10.3. The largest absolute Gasteiger partial charge is 0.393 e. The van der Waals surface area contributed by atoms with Crippen LogP contribution in [0.4, 0.5) is 0 Å². The van der Waals surface area contributed by atoms with Crippen LogP contribution in [0.15, 0.2) is 4.99 Å². The summed E-state index contributed by atoms with van der Waals surface area (Å²) in [6.07, 6.45) is 8.34. The molecule has 5 rings (SSSR count). The van der Waals surface area contributed by atoms with Gasteiger partial charge in [-0.25, -0.2) is 0 Å². The molecule has 5 aliphatic rings. The Kier molecular flexibility index (Phi) is 3.27. The van der Waals surface area contributed by atoms with Gasteiger partial charge in [0.05, 0.1) is 6.10 Å². The average molecular weight is 344 g/mol. The Hall–Kier alpha value is -0.700. The van der Waals surface area contributed by atoms with E-state index < -0.39 is 0 Å². The van der Waals surface area contributed by atoms with Crippen LogP contribution in [0.1, 0.15) is 72.1 Å². The van der Waals surface area contributed by atoms with Crippen molar-refractivity contribution in [3.05, 3.63) is 0 Å². The molecule has 0 aromatic rings. The van der Waals surface area contributed by atoms with Crippen LogP contribution >= 0.6 is 0 Å². The van der Waals surface area contributed by atoms with Crippen LogP contribution in [-0.4, -0.2) is 29.3 Å². The quantitative estimate of drug-likeness (QED) is 0.722. The van der Waals surface area contributed by atoms with E-state index in [1.807, 2.05) is 0 Å². The fraction of sp³-hybridized carbons (Fsp3) is 0.909. The van der Waals surface area contributed by atoms with Gasteiger partial charge in [-0.1, -0.05) is 13.8 Å². The third-order valence-electron chi connectivity index (χ3n) is 9.90. The molecule has 4 aliphatic carbocycles. The summed E-state index contributed by atoms with van der Waals surface area (Å²) in [5.41, 5.74) is 1.72. The van der Waals surface area contributed by atoms with Crippen molar-refractivity contribution in [2.45, 2.75) is 78.2 Å². The first-order valence-electron chi connectivity index (χ1n) is 10.5. The number of fused-ring (bicyclic) bond motifs is 4. The molecule has 0 radical (unpaired) electrons. The topological polar surface area (TPSA) is 49.7 Å². The van der Waals surface area contributed by atoms with Crippen LogP contribution in [0.3, 0.4) is 0 Å². The van der Waals surface area contributed by atoms with Crippen LogP contribution in [0.5, 0.6) is 0 Å². The minimum Gasteiger partial charge on any atom is -0.393 e. The number of aliphatic hydroxyl groups is 1. The Morgan fingerprint density at radius 1 is 1.12 bits per heavy atom. The van der Waals surface area contributed by atoms with E-state index in [1.54, 1.807) is 0 Å². The van der Waals surface area contributed by atoms with E-state index in [0.29, 0.717) is 23.5 Å². The predicted octanol–water partition coefficient (Wildman–Crippen LogP) is 4.03. The number of hydrogen-bond donors (Lipinski definition) is 1. The second-order valence-corrected chi connectivity index (χ2v) is 10.6. The van der Waals surface area contributed by atoms with Gasteiger partial charge in [-0.2, -0.15) is 0 Å². The lowest BCUT2D eigenvalue weighted by molar-refractivity contribution is -0.179. The number of hydrogen-bond acceptors (Lipinski definition) is 3. The highest BCUT2D eigenvalue weighted by Gasteiger charge is 2.68. The lowest BCUT2D eigenvalue weighted by Crippen LogP contribution is -2.61. The van der Waals surface area contributed by atoms with Gasteiger partial charge in [0.25, 0.3) is 0 Å². The minimum atomic E-state index is -0.165. The molecular weight excluding hydrogens is 310 g/mol. The lowest BCUT2D eigenvalue weighted by Gasteiger charge is -2.64. The molecule has 0 amide bonds. The average Bonchev–Trinajstić information content (AvgIpc) is 3.06. The van der Waals surface area contributed by atoms with E-state index >= 15 is 0 Å². The first-order chi connectivity index (χ1) is 11.8. The predicted molar refractivity (Wildman–Crippen MR) is 98.5 cm³/mol. The summed E-state index contributed by atoms with van der Waals surface area (Å²) in [6.45, 7) is 7.87. The fourth-order valence-corrected chi connectivity index (χ4v) is 8.49. The maximum absolute atomic E-state index is 13.6. The van der Waals surface area contributed by atoms with Gasteiger partial charge in [-0.05, 0) is 74.5 Å². The van der Waals surface area contributed by atoms with Crippen LogP contribution in [0, 0.1) is 39.9 Å². The number of rotatable bonds is 0. The summed E-state index contributed by atoms with van der Waals surface area (Å²) < 4.78 is 0. The zero-order chi connectivity index (χ0) is 17.6. The fourth-order valence-electron chi connectivity index (χ4n) is 8.49. The molecule has 1 heterocycles. The summed E-state index contributed by atoms with van der Waals surface area (Å²) in [6, 6.07) is 0. The maximum Gasteiger partial charge on any atom is 0.137 e. The van der Waals surface area contributed by atoms with Gasteiger partial charge in [0.1, 0.15) is 5.78 Å². The number of aliphatic imine (C=N–C) groups is 1. The van der Waals surface area contributed by atoms with Gasteiger partial charge in [0.2, 0.25) is 0 Å². The van der Waals surface area contributed by atoms with Gasteiger partial charge in [-0.3, -0.25) is 9.79 Å². The first-order valence-corrected chi connectivity index (χ1v) is 10.5. The molecule has 4 saturated carbocycles. The van der Waals surface area contributed by atoms with Crippen molar-refractivity contribution in [1.82, 2.24) is 0 Å². The molecule has 0 saturated heterocycles. The van der Waals surface area contributed by atoms with Gasteiger partial charge in [0, 0.05) is 35.9 Å². The summed E-state index contributed by atoms with van der Waals surface area (Å²) in [7, 11) is 0. The summed E-state index contributed by atoms with van der Waals surface area (Å²) >= 11 is 0. The van der Waals surface area contributed by atoms with E-state index in [9.17, 15) is 9.90 Å². The Balaban J connectivity index is 1.54. The van der Waals surface area contributed by atoms with Crippen molar-refractivity contribution in [3.63, 3.8) is 0 Å². The summed E-state index contributed by atoms with van der Waals surface area (Å²) in [5.74, 6) is 2.63. The van der Waals surface area contributed by atoms with Gasteiger partial charge >= 0.3 is 0 Å². The third kappa shape index (κ3) is 1.86.